The first-order valence-corrected chi connectivity index (χ1v) is 6.55. The van der Waals surface area contributed by atoms with E-state index < -0.39 is 12.0 Å². The molecule has 1 atom stereocenters. The topological polar surface area (TPSA) is 21.3 Å². The van der Waals surface area contributed by atoms with Gasteiger partial charge in [-0.3, -0.25) is 0 Å². The zero-order chi connectivity index (χ0) is 12.6. The van der Waals surface area contributed by atoms with Crippen LogP contribution < -0.4 is 10.1 Å². The summed E-state index contributed by atoms with van der Waals surface area (Å²) in [7, 11) is 0. The summed E-state index contributed by atoms with van der Waals surface area (Å²) in [6.45, 7) is 1.38. The van der Waals surface area contributed by atoms with Gasteiger partial charge in [0, 0.05) is 5.56 Å². The Labute approximate surface area is 105 Å². The lowest BCUT2D eigenvalue weighted by molar-refractivity contribution is -0.0377. The molecule has 1 fully saturated rings. The normalized spacial score (nSPS) is 23.6. The van der Waals surface area contributed by atoms with Gasteiger partial charge in [-0.15, -0.1) is 0 Å². The Morgan fingerprint density at radius 1 is 1.28 bits per heavy atom. The van der Waals surface area contributed by atoms with E-state index in [0.29, 0.717) is 19.6 Å². The van der Waals surface area contributed by atoms with Crippen molar-refractivity contribution in [1.82, 2.24) is 5.32 Å². The molecule has 1 aromatic rings. The van der Waals surface area contributed by atoms with Crippen LogP contribution in [0, 0.1) is 0 Å². The summed E-state index contributed by atoms with van der Waals surface area (Å²) in [6, 6.07) is 4.09. The first-order valence-electron chi connectivity index (χ1n) is 6.55. The summed E-state index contributed by atoms with van der Waals surface area (Å²) in [4.78, 5) is 0. The average Bonchev–Trinajstić information content (AvgIpc) is 2.92. The third-order valence-corrected chi connectivity index (χ3v) is 3.79. The van der Waals surface area contributed by atoms with Crippen LogP contribution in [0.15, 0.2) is 18.2 Å². The Morgan fingerprint density at radius 2 is 2.17 bits per heavy atom. The lowest BCUT2D eigenvalue weighted by Crippen LogP contribution is -2.38. The van der Waals surface area contributed by atoms with Gasteiger partial charge in [-0.2, -0.15) is 8.78 Å². The van der Waals surface area contributed by atoms with Crippen molar-refractivity contribution < 1.29 is 13.5 Å². The average molecular weight is 253 g/mol. The van der Waals surface area contributed by atoms with Gasteiger partial charge in [0.25, 0.3) is 5.92 Å². The molecular weight excluding hydrogens is 236 g/mol. The van der Waals surface area contributed by atoms with Gasteiger partial charge in [0.1, 0.15) is 5.75 Å². The van der Waals surface area contributed by atoms with Crippen LogP contribution in [0.5, 0.6) is 5.75 Å². The van der Waals surface area contributed by atoms with Crippen LogP contribution in [-0.4, -0.2) is 19.2 Å². The first-order chi connectivity index (χ1) is 8.68. The number of benzene rings is 1. The predicted octanol–water partition coefficient (Wildman–Crippen LogP) is 2.86. The molecule has 2 nitrogen and oxygen atoms in total. The molecule has 1 aromatic carbocycles. The van der Waals surface area contributed by atoms with Gasteiger partial charge in [-0.25, -0.2) is 0 Å². The minimum atomic E-state index is -2.79. The van der Waals surface area contributed by atoms with Gasteiger partial charge in [0.2, 0.25) is 0 Å². The Balaban J connectivity index is 1.91. The lowest BCUT2D eigenvalue weighted by Gasteiger charge is -2.26. The molecule has 3 rings (SSSR count). The molecule has 0 aromatic heterocycles. The Bertz CT molecular complexity index is 441. The highest BCUT2D eigenvalue weighted by Crippen LogP contribution is 2.38. The number of alkyl halides is 2. The summed E-state index contributed by atoms with van der Waals surface area (Å²) in [5.41, 5.74) is 1.03. The van der Waals surface area contributed by atoms with Crippen molar-refractivity contribution in [3.63, 3.8) is 0 Å². The molecule has 98 valence electrons. The molecular formula is C14H17F2NO. The molecule has 2 aliphatic rings. The van der Waals surface area contributed by atoms with Crippen molar-refractivity contribution in [1.29, 1.82) is 0 Å². The molecule has 0 aliphatic carbocycles. The minimum Gasteiger partial charge on any atom is -0.493 e. The van der Waals surface area contributed by atoms with Gasteiger partial charge in [-0.1, -0.05) is 0 Å². The van der Waals surface area contributed by atoms with Crippen molar-refractivity contribution >= 4 is 0 Å². The van der Waals surface area contributed by atoms with Gasteiger partial charge in [0.15, 0.2) is 0 Å². The number of hydrogen-bond acceptors (Lipinski definition) is 2. The Morgan fingerprint density at radius 3 is 2.94 bits per heavy atom. The summed E-state index contributed by atoms with van der Waals surface area (Å²) in [6.07, 6.45) is 3.11. The summed E-state index contributed by atoms with van der Waals surface area (Å²) < 4.78 is 34.1. The van der Waals surface area contributed by atoms with Crippen LogP contribution in [0.25, 0.3) is 0 Å². The number of aryl methyl sites for hydroxylation is 1. The first kappa shape index (κ1) is 11.9. The van der Waals surface area contributed by atoms with Crippen molar-refractivity contribution in [2.45, 2.75) is 37.6 Å². The zero-order valence-electron chi connectivity index (χ0n) is 10.2. The van der Waals surface area contributed by atoms with Crippen molar-refractivity contribution in [3.8, 4) is 5.75 Å². The van der Waals surface area contributed by atoms with E-state index in [9.17, 15) is 8.78 Å². The molecule has 4 heteroatoms. The van der Waals surface area contributed by atoms with Crippen LogP contribution in [0.1, 0.15) is 30.4 Å². The molecule has 2 aliphatic heterocycles. The third-order valence-electron chi connectivity index (χ3n) is 3.79. The maximum atomic E-state index is 14.3. The maximum absolute atomic E-state index is 14.3. The number of hydrogen-bond donors (Lipinski definition) is 1. The van der Waals surface area contributed by atoms with Gasteiger partial charge in [-0.05, 0) is 56.0 Å². The summed E-state index contributed by atoms with van der Waals surface area (Å²) in [5, 5.41) is 2.89. The second-order valence-corrected chi connectivity index (χ2v) is 5.05. The van der Waals surface area contributed by atoms with E-state index in [1.165, 1.54) is 6.07 Å². The van der Waals surface area contributed by atoms with Gasteiger partial charge >= 0.3 is 0 Å². The van der Waals surface area contributed by atoms with Gasteiger partial charge < -0.3 is 10.1 Å². The van der Waals surface area contributed by atoms with Crippen LogP contribution in [0.4, 0.5) is 8.78 Å². The fourth-order valence-corrected chi connectivity index (χ4v) is 2.76. The molecule has 0 bridgehead atoms. The fraction of sp³-hybridized carbons (Fsp3) is 0.571. The van der Waals surface area contributed by atoms with E-state index in [-0.39, 0.29) is 5.56 Å². The molecule has 0 spiro atoms. The monoisotopic (exact) mass is 253 g/mol. The molecule has 0 radical (unpaired) electrons. The molecule has 18 heavy (non-hydrogen) atoms. The van der Waals surface area contributed by atoms with Crippen molar-refractivity contribution in [3.05, 3.63) is 29.3 Å². The predicted molar refractivity (Wildman–Crippen MR) is 65.2 cm³/mol. The largest absolute Gasteiger partial charge is 0.493 e. The quantitative estimate of drug-likeness (QED) is 0.875. The van der Waals surface area contributed by atoms with Gasteiger partial charge in [0.05, 0.1) is 12.6 Å². The van der Waals surface area contributed by atoms with E-state index in [1.54, 1.807) is 12.1 Å². The molecule has 2 heterocycles. The van der Waals surface area contributed by atoms with Crippen molar-refractivity contribution in [2.75, 3.05) is 13.2 Å². The number of fused-ring (bicyclic) bond motifs is 1. The highest BCUT2D eigenvalue weighted by Gasteiger charge is 2.42. The second kappa shape index (κ2) is 4.50. The van der Waals surface area contributed by atoms with E-state index in [0.717, 1.165) is 30.6 Å². The Hall–Kier alpha value is -1.16. The Kier molecular flexibility index (Phi) is 2.98. The molecule has 1 N–H and O–H groups in total. The fourth-order valence-electron chi connectivity index (χ4n) is 2.76. The molecule has 0 saturated carbocycles. The molecule has 0 amide bonds. The smallest absolute Gasteiger partial charge is 0.288 e. The standard InChI is InChI=1S/C14H17F2NO/c15-14(16,13-4-1-7-17-13)11-5-6-12-10(9-11)3-2-8-18-12/h5-6,9,13,17H,1-4,7-8H2. The zero-order valence-corrected chi connectivity index (χ0v) is 10.2. The van der Waals surface area contributed by atoms with E-state index in [4.69, 9.17) is 4.74 Å². The van der Waals surface area contributed by atoms with Crippen LogP contribution in [0.3, 0.4) is 0 Å². The number of rotatable bonds is 2. The summed E-state index contributed by atoms with van der Waals surface area (Å²) in [5.74, 6) is -2.02. The number of nitrogens with one attached hydrogen (secondary N) is 1. The van der Waals surface area contributed by atoms with E-state index >= 15 is 0 Å². The van der Waals surface area contributed by atoms with Crippen LogP contribution in [-0.2, 0) is 12.3 Å². The van der Waals surface area contributed by atoms with Crippen molar-refractivity contribution in [2.24, 2.45) is 0 Å². The molecule has 1 unspecified atom stereocenters. The van der Waals surface area contributed by atoms with Crippen LogP contribution in [0.2, 0.25) is 0 Å². The highest BCUT2D eigenvalue weighted by molar-refractivity contribution is 5.40. The maximum Gasteiger partial charge on any atom is 0.288 e. The third kappa shape index (κ3) is 1.99. The highest BCUT2D eigenvalue weighted by atomic mass is 19.3. The molecule has 1 saturated heterocycles. The SMILES string of the molecule is FC(F)(c1ccc2c(c1)CCCO2)C1CCCN1. The van der Waals surface area contributed by atoms with Crippen LogP contribution >= 0.6 is 0 Å². The lowest BCUT2D eigenvalue weighted by atomic mass is 9.95. The summed E-state index contributed by atoms with van der Waals surface area (Å²) >= 11 is 0. The minimum absolute atomic E-state index is 0.117. The number of ether oxygens (including phenoxy) is 1. The van der Waals surface area contributed by atoms with E-state index in [1.807, 2.05) is 0 Å². The second-order valence-electron chi connectivity index (χ2n) is 5.05. The number of halogens is 2. The van der Waals surface area contributed by atoms with E-state index in [2.05, 4.69) is 5.32 Å².